The van der Waals surface area contributed by atoms with Gasteiger partial charge in [-0.15, -0.1) is 0 Å². The van der Waals surface area contributed by atoms with Crippen LogP contribution in [0.25, 0.3) is 0 Å². The van der Waals surface area contributed by atoms with Crippen molar-refractivity contribution in [3.8, 4) is 0 Å². The zero-order chi connectivity index (χ0) is 18.0. The normalized spacial score (nSPS) is 13.0. The second-order valence-corrected chi connectivity index (χ2v) is 6.32. The third-order valence-corrected chi connectivity index (χ3v) is 2.73. The number of aliphatic hydroxyl groups excluding tert-OH is 1. The van der Waals surface area contributed by atoms with Crippen molar-refractivity contribution in [1.82, 2.24) is 10.6 Å². The molecule has 1 atom stereocenters. The van der Waals surface area contributed by atoms with Crippen LogP contribution in [0.5, 0.6) is 0 Å². The van der Waals surface area contributed by atoms with Crippen LogP contribution in [0.2, 0.25) is 0 Å². The molecule has 0 rings (SSSR count). The van der Waals surface area contributed by atoms with E-state index in [1.807, 2.05) is 0 Å². The zero-order valence-electron chi connectivity index (χ0n) is 12.4. The first kappa shape index (κ1) is 21.6. The molecule has 8 nitrogen and oxygen atoms in total. The molecular weight excluding hydrogens is 374 g/mol. The van der Waals surface area contributed by atoms with Crippen LogP contribution in [0.3, 0.4) is 0 Å². The van der Waals surface area contributed by atoms with E-state index >= 15 is 0 Å². The molecule has 0 fully saturated rings. The lowest BCUT2D eigenvalue weighted by atomic mass is 10.3. The molecular formula is C12H17Cl3N2O6. The van der Waals surface area contributed by atoms with E-state index < -0.39 is 40.1 Å². The maximum Gasteiger partial charge on any atom is 0.315 e. The van der Waals surface area contributed by atoms with Crippen molar-refractivity contribution >= 4 is 52.6 Å². The van der Waals surface area contributed by atoms with E-state index in [0.717, 1.165) is 0 Å². The fraction of sp³-hybridized carbons (Fsp3) is 0.583. The van der Waals surface area contributed by atoms with Crippen LogP contribution in [0.15, 0.2) is 12.0 Å². The largest absolute Gasteiger partial charge is 0.481 e. The monoisotopic (exact) mass is 390 g/mol. The fourth-order valence-corrected chi connectivity index (χ4v) is 1.57. The average Bonchev–Trinajstić information content (AvgIpc) is 2.36. The lowest BCUT2D eigenvalue weighted by Crippen LogP contribution is -2.55. The van der Waals surface area contributed by atoms with Crippen LogP contribution >= 0.6 is 34.8 Å². The molecule has 23 heavy (non-hydrogen) atoms. The first-order valence-electron chi connectivity index (χ1n) is 6.45. The summed E-state index contributed by atoms with van der Waals surface area (Å²) in [6, 6.07) is 0. The first-order valence-corrected chi connectivity index (χ1v) is 7.59. The molecule has 0 spiro atoms. The third-order valence-electron chi connectivity index (χ3n) is 2.08. The minimum atomic E-state index is -2.10. The number of alkyl halides is 3. The van der Waals surface area contributed by atoms with Crippen molar-refractivity contribution in [2.75, 3.05) is 13.2 Å². The Morgan fingerprint density at radius 3 is 2.17 bits per heavy atom. The number of aliphatic hydroxyl groups is 1. The summed E-state index contributed by atoms with van der Waals surface area (Å²) in [5.41, 5.74) is 0. The second-order valence-electron chi connectivity index (χ2n) is 3.95. The Kier molecular flexibility index (Phi) is 9.78. The van der Waals surface area contributed by atoms with Gasteiger partial charge in [0.1, 0.15) is 12.6 Å². The summed E-state index contributed by atoms with van der Waals surface area (Å²) in [7, 11) is 0. The topological polar surface area (TPSA) is 114 Å². The highest BCUT2D eigenvalue weighted by atomic mass is 35.6. The summed E-state index contributed by atoms with van der Waals surface area (Å²) >= 11 is 17.0. The van der Waals surface area contributed by atoms with Crippen LogP contribution < -0.4 is 10.6 Å². The van der Waals surface area contributed by atoms with E-state index in [4.69, 9.17) is 34.8 Å². The van der Waals surface area contributed by atoms with Crippen molar-refractivity contribution in [2.45, 2.75) is 30.2 Å². The predicted octanol–water partition coefficient (Wildman–Crippen LogP) is 1.30. The summed E-state index contributed by atoms with van der Waals surface area (Å²) in [4.78, 5) is 34.5. The lowest BCUT2D eigenvalue weighted by Gasteiger charge is -2.25. The molecule has 0 aromatic rings. The van der Waals surface area contributed by atoms with Crippen LogP contribution in [-0.2, 0) is 23.9 Å². The molecule has 0 aliphatic carbocycles. The van der Waals surface area contributed by atoms with Crippen molar-refractivity contribution in [1.29, 1.82) is 0 Å². The number of ether oxygens (including phenoxy) is 2. The van der Waals surface area contributed by atoms with E-state index in [9.17, 15) is 19.5 Å². The number of carbonyl (C=O) groups is 3. The quantitative estimate of drug-likeness (QED) is 0.143. The molecule has 0 saturated heterocycles. The Morgan fingerprint density at radius 1 is 1.13 bits per heavy atom. The van der Waals surface area contributed by atoms with Crippen molar-refractivity contribution in [3.05, 3.63) is 12.0 Å². The highest BCUT2D eigenvalue weighted by Crippen LogP contribution is 2.29. The summed E-state index contributed by atoms with van der Waals surface area (Å²) in [5, 5.41) is 13.5. The third kappa shape index (κ3) is 10.1. The summed E-state index contributed by atoms with van der Waals surface area (Å²) in [6.07, 6.45) is -1.36. The van der Waals surface area contributed by atoms with Gasteiger partial charge >= 0.3 is 5.97 Å². The summed E-state index contributed by atoms with van der Waals surface area (Å²) in [6.45, 7) is 3.43. The van der Waals surface area contributed by atoms with Gasteiger partial charge in [-0.3, -0.25) is 14.4 Å². The Labute approximate surface area is 148 Å². The number of carbonyl (C=O) groups excluding carboxylic acids is 3. The number of halogens is 3. The Bertz CT molecular complexity index is 464. The minimum absolute atomic E-state index is 0.109. The van der Waals surface area contributed by atoms with Crippen LogP contribution in [0.4, 0.5) is 0 Å². The van der Waals surface area contributed by atoms with Crippen LogP contribution in [0, 0.1) is 0 Å². The van der Waals surface area contributed by atoms with E-state index in [-0.39, 0.29) is 13.2 Å². The van der Waals surface area contributed by atoms with E-state index in [2.05, 4.69) is 20.1 Å². The van der Waals surface area contributed by atoms with Crippen molar-refractivity contribution in [3.63, 3.8) is 0 Å². The van der Waals surface area contributed by atoms with Crippen molar-refractivity contribution in [2.24, 2.45) is 0 Å². The highest BCUT2D eigenvalue weighted by Gasteiger charge is 2.35. The first-order chi connectivity index (χ1) is 10.6. The number of amides is 2. The smallest absolute Gasteiger partial charge is 0.315 e. The highest BCUT2D eigenvalue weighted by molar-refractivity contribution is 6.68. The van der Waals surface area contributed by atoms with E-state index in [1.54, 1.807) is 13.8 Å². The standard InChI is InChI=1S/C12H17Cl3N2O6/c1-3-22-9(20)5-7(18)16-11(12(13,14)15)17-8(19)6-10(21)23-4-2/h5,11,20H,3-4,6H2,1-2H3,(H,16,18)(H,17,19)/b9-5+. The van der Waals surface area contributed by atoms with Gasteiger partial charge < -0.3 is 25.2 Å². The van der Waals surface area contributed by atoms with Gasteiger partial charge in [0.15, 0.2) is 0 Å². The van der Waals surface area contributed by atoms with E-state index in [0.29, 0.717) is 6.08 Å². The molecule has 0 aromatic carbocycles. The van der Waals surface area contributed by atoms with Crippen LogP contribution in [0.1, 0.15) is 20.3 Å². The average molecular weight is 392 g/mol. The molecule has 132 valence electrons. The van der Waals surface area contributed by atoms with Gasteiger partial charge in [0, 0.05) is 0 Å². The van der Waals surface area contributed by atoms with Crippen molar-refractivity contribution < 1.29 is 29.0 Å². The molecule has 0 saturated carbocycles. The molecule has 0 heterocycles. The van der Waals surface area contributed by atoms with Crippen LogP contribution in [-0.4, -0.2) is 46.1 Å². The van der Waals surface area contributed by atoms with Gasteiger partial charge in [0.2, 0.25) is 9.70 Å². The number of hydrogen-bond donors (Lipinski definition) is 3. The van der Waals surface area contributed by atoms with E-state index in [1.165, 1.54) is 0 Å². The SMILES string of the molecule is CCOC(=O)CC(=O)NC(NC(=O)/C=C(\O)OCC)C(Cl)(Cl)Cl. The Morgan fingerprint density at radius 2 is 1.70 bits per heavy atom. The van der Waals surface area contributed by atoms with Gasteiger partial charge in [0.25, 0.3) is 11.9 Å². The van der Waals surface area contributed by atoms with Gasteiger partial charge in [-0.1, -0.05) is 34.8 Å². The molecule has 0 radical (unpaired) electrons. The minimum Gasteiger partial charge on any atom is -0.481 e. The van der Waals surface area contributed by atoms with Gasteiger partial charge in [0.05, 0.1) is 19.3 Å². The number of esters is 1. The predicted molar refractivity (Wildman–Crippen MR) is 84.0 cm³/mol. The van der Waals surface area contributed by atoms with Gasteiger partial charge in [-0.05, 0) is 13.8 Å². The maximum absolute atomic E-state index is 11.7. The molecule has 0 bridgehead atoms. The molecule has 0 aliphatic heterocycles. The second kappa shape index (κ2) is 10.4. The summed E-state index contributed by atoms with van der Waals surface area (Å²) in [5.74, 6) is -3.12. The number of rotatable bonds is 8. The molecule has 3 N–H and O–H groups in total. The molecule has 0 aliphatic rings. The summed E-state index contributed by atoms with van der Waals surface area (Å²) < 4.78 is 7.14. The van der Waals surface area contributed by atoms with Gasteiger partial charge in [-0.25, -0.2) is 0 Å². The molecule has 11 heteroatoms. The molecule has 1 unspecified atom stereocenters. The number of nitrogens with one attached hydrogen (secondary N) is 2. The molecule has 0 aromatic heterocycles. The Balaban J connectivity index is 4.78. The van der Waals surface area contributed by atoms with Gasteiger partial charge in [-0.2, -0.15) is 0 Å². The Hall–Kier alpha value is -1.38. The zero-order valence-corrected chi connectivity index (χ0v) is 14.7. The fourth-order valence-electron chi connectivity index (χ4n) is 1.24. The molecule has 2 amide bonds. The lowest BCUT2D eigenvalue weighted by molar-refractivity contribution is -0.146. The number of hydrogen-bond acceptors (Lipinski definition) is 6. The maximum atomic E-state index is 11.7.